The molecular formula is C11H15FN4O2. The first-order valence-electron chi connectivity index (χ1n) is 5.35. The molecule has 1 aromatic rings. The quantitative estimate of drug-likeness (QED) is 0.328. The number of urea groups is 1. The van der Waals surface area contributed by atoms with E-state index in [1.54, 1.807) is 13.0 Å². The van der Waals surface area contributed by atoms with Gasteiger partial charge in [0.2, 0.25) is 0 Å². The van der Waals surface area contributed by atoms with E-state index in [1.807, 2.05) is 0 Å². The number of amides is 2. The summed E-state index contributed by atoms with van der Waals surface area (Å²) in [4.78, 5) is 13.1. The lowest BCUT2D eigenvalue weighted by Crippen LogP contribution is -2.41. The van der Waals surface area contributed by atoms with Crippen LogP contribution in [-0.4, -0.2) is 35.1 Å². The molecule has 0 fully saturated rings. The van der Waals surface area contributed by atoms with Crippen LogP contribution in [0.5, 0.6) is 0 Å². The summed E-state index contributed by atoms with van der Waals surface area (Å²) >= 11 is 0. The summed E-state index contributed by atoms with van der Waals surface area (Å²) in [7, 11) is 0. The molecule has 2 amide bonds. The highest BCUT2D eigenvalue weighted by atomic mass is 19.1. The first-order valence-corrected chi connectivity index (χ1v) is 5.35. The molecule has 0 spiro atoms. The van der Waals surface area contributed by atoms with Crippen molar-refractivity contribution < 1.29 is 14.4 Å². The van der Waals surface area contributed by atoms with E-state index in [4.69, 9.17) is 10.9 Å². The Labute approximate surface area is 104 Å². The van der Waals surface area contributed by atoms with Gasteiger partial charge in [-0.05, 0) is 19.1 Å². The van der Waals surface area contributed by atoms with Crippen molar-refractivity contribution in [3.05, 3.63) is 30.1 Å². The Balaban J connectivity index is 2.71. The highest BCUT2D eigenvalue weighted by Gasteiger charge is 2.14. The number of rotatable bonds is 4. The zero-order valence-corrected chi connectivity index (χ0v) is 9.93. The minimum absolute atomic E-state index is 0.0344. The number of nitrogens with two attached hydrogens (primary N) is 1. The number of likely N-dealkylation sites (N-methyl/N-ethyl adjacent to an activating group) is 1. The van der Waals surface area contributed by atoms with Gasteiger partial charge in [0.1, 0.15) is 5.82 Å². The van der Waals surface area contributed by atoms with Gasteiger partial charge in [0, 0.05) is 6.54 Å². The average Bonchev–Trinajstić information content (AvgIpc) is 2.38. The number of para-hydroxylation sites is 1. The van der Waals surface area contributed by atoms with Crippen LogP contribution in [0.3, 0.4) is 0 Å². The van der Waals surface area contributed by atoms with Gasteiger partial charge < -0.3 is 21.2 Å². The maximum atomic E-state index is 13.3. The number of carbonyl (C=O) groups is 1. The summed E-state index contributed by atoms with van der Waals surface area (Å²) in [6, 6.07) is 5.31. The molecule has 0 aliphatic rings. The molecule has 98 valence electrons. The topological polar surface area (TPSA) is 90.9 Å². The lowest BCUT2D eigenvalue weighted by Gasteiger charge is -2.20. The first-order chi connectivity index (χ1) is 8.58. The predicted molar refractivity (Wildman–Crippen MR) is 66.1 cm³/mol. The van der Waals surface area contributed by atoms with E-state index < -0.39 is 11.8 Å². The molecule has 0 saturated heterocycles. The van der Waals surface area contributed by atoms with Crippen molar-refractivity contribution in [1.82, 2.24) is 4.90 Å². The summed E-state index contributed by atoms with van der Waals surface area (Å²) in [6.45, 7) is 2.04. The van der Waals surface area contributed by atoms with E-state index in [-0.39, 0.29) is 18.1 Å². The van der Waals surface area contributed by atoms with E-state index in [1.165, 1.54) is 23.1 Å². The van der Waals surface area contributed by atoms with Crippen molar-refractivity contribution >= 4 is 17.6 Å². The van der Waals surface area contributed by atoms with E-state index in [0.717, 1.165) is 0 Å². The number of hydrogen-bond acceptors (Lipinski definition) is 3. The SMILES string of the molecule is CCN(CC(N)=NO)C(=O)Nc1ccccc1F. The molecule has 6 nitrogen and oxygen atoms in total. The number of anilines is 1. The van der Waals surface area contributed by atoms with Crippen molar-refractivity contribution in [1.29, 1.82) is 0 Å². The lowest BCUT2D eigenvalue weighted by molar-refractivity contribution is 0.220. The minimum atomic E-state index is -0.522. The monoisotopic (exact) mass is 254 g/mol. The lowest BCUT2D eigenvalue weighted by atomic mass is 10.3. The maximum Gasteiger partial charge on any atom is 0.322 e. The maximum absolute atomic E-state index is 13.3. The summed E-state index contributed by atoms with van der Waals surface area (Å²) in [5.74, 6) is -0.619. The number of halogens is 1. The van der Waals surface area contributed by atoms with Crippen molar-refractivity contribution in [3.8, 4) is 0 Å². The van der Waals surface area contributed by atoms with Crippen LogP contribution in [0.25, 0.3) is 0 Å². The molecule has 0 atom stereocenters. The molecule has 0 aliphatic carbocycles. The van der Waals surface area contributed by atoms with Crippen LogP contribution < -0.4 is 11.1 Å². The highest BCUT2D eigenvalue weighted by Crippen LogP contribution is 2.12. The molecule has 0 radical (unpaired) electrons. The van der Waals surface area contributed by atoms with Gasteiger partial charge in [0.15, 0.2) is 5.84 Å². The smallest absolute Gasteiger partial charge is 0.322 e. The van der Waals surface area contributed by atoms with Crippen LogP contribution in [0.4, 0.5) is 14.9 Å². The van der Waals surface area contributed by atoms with Crippen LogP contribution in [-0.2, 0) is 0 Å². The fourth-order valence-electron chi connectivity index (χ4n) is 1.31. The second kappa shape index (κ2) is 6.43. The van der Waals surface area contributed by atoms with Crippen LogP contribution in [0.15, 0.2) is 29.4 Å². The Morgan fingerprint density at radius 1 is 1.56 bits per heavy atom. The van der Waals surface area contributed by atoms with Crippen molar-refractivity contribution in [3.63, 3.8) is 0 Å². The number of benzene rings is 1. The van der Waals surface area contributed by atoms with Gasteiger partial charge in [-0.1, -0.05) is 17.3 Å². The summed E-state index contributed by atoms with van der Waals surface area (Å²) in [5, 5.41) is 13.6. The number of hydrogen-bond donors (Lipinski definition) is 3. The highest BCUT2D eigenvalue weighted by molar-refractivity contribution is 5.93. The molecule has 0 saturated carbocycles. The number of nitrogens with zero attached hydrogens (tertiary/aromatic N) is 2. The van der Waals surface area contributed by atoms with Crippen molar-refractivity contribution in [2.24, 2.45) is 10.9 Å². The molecule has 0 aliphatic heterocycles. The Morgan fingerprint density at radius 3 is 2.78 bits per heavy atom. The van der Waals surface area contributed by atoms with Gasteiger partial charge in [-0.15, -0.1) is 0 Å². The van der Waals surface area contributed by atoms with E-state index in [0.29, 0.717) is 6.54 Å². The van der Waals surface area contributed by atoms with Crippen LogP contribution in [0.2, 0.25) is 0 Å². The van der Waals surface area contributed by atoms with E-state index in [9.17, 15) is 9.18 Å². The fourth-order valence-corrected chi connectivity index (χ4v) is 1.31. The van der Waals surface area contributed by atoms with E-state index in [2.05, 4.69) is 10.5 Å². The second-order valence-electron chi connectivity index (χ2n) is 3.52. The molecule has 1 aromatic carbocycles. The normalized spacial score (nSPS) is 11.1. The van der Waals surface area contributed by atoms with Crippen molar-refractivity contribution in [2.45, 2.75) is 6.92 Å². The molecule has 0 unspecified atom stereocenters. The summed E-state index contributed by atoms with van der Waals surface area (Å²) in [5.41, 5.74) is 5.40. The zero-order chi connectivity index (χ0) is 13.5. The van der Waals surface area contributed by atoms with Gasteiger partial charge in [0.05, 0.1) is 12.2 Å². The molecule has 1 rings (SSSR count). The predicted octanol–water partition coefficient (Wildman–Crippen LogP) is 1.43. The molecule has 4 N–H and O–H groups in total. The Morgan fingerprint density at radius 2 is 2.22 bits per heavy atom. The molecule has 7 heteroatoms. The third kappa shape index (κ3) is 3.62. The van der Waals surface area contributed by atoms with Gasteiger partial charge >= 0.3 is 6.03 Å². The molecule has 0 bridgehead atoms. The molecule has 0 heterocycles. The van der Waals surface area contributed by atoms with Gasteiger partial charge in [-0.3, -0.25) is 0 Å². The Kier molecular flexibility index (Phi) is 4.91. The number of carbonyl (C=O) groups excluding carboxylic acids is 1. The largest absolute Gasteiger partial charge is 0.409 e. The zero-order valence-electron chi connectivity index (χ0n) is 9.93. The fraction of sp³-hybridized carbons (Fsp3) is 0.273. The third-order valence-electron chi connectivity index (χ3n) is 2.27. The molecule has 18 heavy (non-hydrogen) atoms. The Hall–Kier alpha value is -2.31. The number of amidine groups is 1. The summed E-state index contributed by atoms with van der Waals surface area (Å²) in [6.07, 6.45) is 0. The number of oxime groups is 1. The minimum Gasteiger partial charge on any atom is -0.409 e. The standard InChI is InChI=1S/C11H15FN4O2/c1-2-16(7-10(13)15-18)11(17)14-9-6-4-3-5-8(9)12/h3-6,18H,2,7H2,1H3,(H2,13,15)(H,14,17). The van der Waals surface area contributed by atoms with Crippen molar-refractivity contribution in [2.75, 3.05) is 18.4 Å². The van der Waals surface area contributed by atoms with Crippen LogP contribution in [0, 0.1) is 5.82 Å². The van der Waals surface area contributed by atoms with Gasteiger partial charge in [-0.2, -0.15) is 0 Å². The van der Waals surface area contributed by atoms with Crippen LogP contribution in [0.1, 0.15) is 6.92 Å². The second-order valence-corrected chi connectivity index (χ2v) is 3.52. The number of nitrogens with one attached hydrogen (secondary N) is 1. The molecule has 0 aromatic heterocycles. The Bertz CT molecular complexity index is 450. The molecular weight excluding hydrogens is 239 g/mol. The average molecular weight is 254 g/mol. The third-order valence-corrected chi connectivity index (χ3v) is 2.27. The first kappa shape index (κ1) is 13.8. The van der Waals surface area contributed by atoms with Gasteiger partial charge in [-0.25, -0.2) is 9.18 Å². The van der Waals surface area contributed by atoms with Gasteiger partial charge in [0.25, 0.3) is 0 Å². The van der Waals surface area contributed by atoms with E-state index >= 15 is 0 Å². The van der Waals surface area contributed by atoms with Crippen LogP contribution >= 0.6 is 0 Å². The summed E-state index contributed by atoms with van der Waals surface area (Å²) < 4.78 is 13.3.